The monoisotopic (exact) mass is 486 g/mol. The molecule has 0 spiro atoms. The van der Waals surface area contributed by atoms with Gasteiger partial charge in [-0.2, -0.15) is 0 Å². The number of fused-ring (bicyclic) bond motifs is 1. The summed E-state index contributed by atoms with van der Waals surface area (Å²) in [5, 5.41) is 9.99. The van der Waals surface area contributed by atoms with Gasteiger partial charge in [0.05, 0.1) is 23.1 Å². The van der Waals surface area contributed by atoms with Crippen LogP contribution in [0.4, 0.5) is 4.79 Å². The van der Waals surface area contributed by atoms with Crippen molar-refractivity contribution in [3.63, 3.8) is 0 Å². The number of nitrogens with zero attached hydrogens (tertiary/aromatic N) is 4. The van der Waals surface area contributed by atoms with Gasteiger partial charge < -0.3 is 24.2 Å². The Labute approximate surface area is 209 Å². The zero-order valence-electron chi connectivity index (χ0n) is 22.2. The van der Waals surface area contributed by atoms with E-state index in [0.717, 1.165) is 36.7 Å². The molecule has 1 fully saturated rings. The van der Waals surface area contributed by atoms with Gasteiger partial charge in [0.2, 0.25) is 0 Å². The van der Waals surface area contributed by atoms with E-state index in [1.165, 1.54) is 0 Å². The molecule has 8 nitrogen and oxygen atoms in total. The second kappa shape index (κ2) is 11.4. The zero-order valence-corrected chi connectivity index (χ0v) is 22.2. The Balaban J connectivity index is 2.05. The van der Waals surface area contributed by atoms with Crippen LogP contribution in [-0.2, 0) is 11.3 Å². The number of hydrogen-bond acceptors (Lipinski definition) is 4. The molecule has 1 aromatic carbocycles. The van der Waals surface area contributed by atoms with Gasteiger partial charge in [0.1, 0.15) is 0 Å². The van der Waals surface area contributed by atoms with Gasteiger partial charge in [0, 0.05) is 33.4 Å². The number of unbranched alkanes of at least 4 members (excludes halogenated alkanes) is 1. The van der Waals surface area contributed by atoms with Gasteiger partial charge in [-0.05, 0) is 49.1 Å². The van der Waals surface area contributed by atoms with E-state index in [0.29, 0.717) is 32.1 Å². The average molecular weight is 487 g/mol. The highest BCUT2D eigenvalue weighted by Gasteiger charge is 2.46. The first-order valence-electron chi connectivity index (χ1n) is 12.8. The highest BCUT2D eigenvalue weighted by Crippen LogP contribution is 2.36. The van der Waals surface area contributed by atoms with Crippen LogP contribution in [-0.4, -0.2) is 75.3 Å². The van der Waals surface area contributed by atoms with E-state index in [2.05, 4.69) is 34.6 Å². The van der Waals surface area contributed by atoms with Crippen molar-refractivity contribution < 1.29 is 19.4 Å². The van der Waals surface area contributed by atoms with E-state index >= 15 is 0 Å². The van der Waals surface area contributed by atoms with Crippen molar-refractivity contribution in [2.24, 2.45) is 11.3 Å². The van der Waals surface area contributed by atoms with Gasteiger partial charge in [0.25, 0.3) is 5.91 Å². The fourth-order valence-electron chi connectivity index (χ4n) is 5.43. The normalized spacial score (nSPS) is 18.9. The number of carboxylic acid groups (broad SMARTS) is 1. The second-order valence-electron chi connectivity index (χ2n) is 11.1. The number of hydrogen-bond donors (Lipinski definition) is 1. The molecule has 0 aliphatic carbocycles. The fraction of sp³-hybridized carbons (Fsp3) is 0.667. The third-order valence-corrected chi connectivity index (χ3v) is 6.78. The average Bonchev–Trinajstić information content (AvgIpc) is 3.17. The number of likely N-dealkylation sites (tertiary alicyclic amines) is 1. The Morgan fingerprint density at radius 1 is 1.23 bits per heavy atom. The third kappa shape index (κ3) is 6.15. The number of carbonyl (C=O) groups excluding carboxylic acids is 1. The molecule has 1 aliphatic rings. The van der Waals surface area contributed by atoms with Gasteiger partial charge in [-0.15, -0.1) is 0 Å². The number of rotatable bonds is 9. The molecule has 1 unspecified atom stereocenters. The molecule has 1 aromatic heterocycles. The van der Waals surface area contributed by atoms with Crippen molar-refractivity contribution in [2.75, 3.05) is 26.8 Å². The van der Waals surface area contributed by atoms with Crippen LogP contribution in [0.25, 0.3) is 11.0 Å². The summed E-state index contributed by atoms with van der Waals surface area (Å²) in [7, 11) is 1.70. The lowest BCUT2D eigenvalue weighted by Crippen LogP contribution is -2.63. The van der Waals surface area contributed by atoms with E-state index in [4.69, 9.17) is 9.72 Å². The molecule has 8 heteroatoms. The van der Waals surface area contributed by atoms with Gasteiger partial charge in [-0.1, -0.05) is 46.8 Å². The second-order valence-corrected chi connectivity index (χ2v) is 11.1. The number of piperidine rings is 1. The van der Waals surface area contributed by atoms with Crippen LogP contribution >= 0.6 is 0 Å². The molecule has 2 aromatic rings. The maximum absolute atomic E-state index is 14.3. The van der Waals surface area contributed by atoms with E-state index in [9.17, 15) is 14.7 Å². The maximum atomic E-state index is 14.3. The minimum atomic E-state index is -0.919. The summed E-state index contributed by atoms with van der Waals surface area (Å²) in [5.41, 5.74) is 1.43. The molecular formula is C27H42N4O4. The van der Waals surface area contributed by atoms with Crippen LogP contribution in [0.15, 0.2) is 24.3 Å². The van der Waals surface area contributed by atoms with Gasteiger partial charge in [0.15, 0.2) is 5.82 Å². The Morgan fingerprint density at radius 2 is 1.94 bits per heavy atom. The first-order valence-corrected chi connectivity index (χ1v) is 12.8. The number of imidazole rings is 1. The molecular weight excluding hydrogens is 444 g/mol. The molecule has 2 amide bonds. The summed E-state index contributed by atoms with van der Waals surface area (Å²) in [6.07, 6.45) is 2.36. The molecule has 0 bridgehead atoms. The SMILES string of the molecule is COCCCCn1c(C(=O)N(CC(C)C)[C@H]2CCCN(C(=O)O)C2C(C)(C)C)nc2ccccc21. The van der Waals surface area contributed by atoms with Crippen molar-refractivity contribution in [2.45, 2.75) is 78.9 Å². The first-order chi connectivity index (χ1) is 16.6. The van der Waals surface area contributed by atoms with Crippen LogP contribution in [0.1, 0.15) is 70.9 Å². The number of amides is 2. The number of ether oxygens (including phenoxy) is 1. The topological polar surface area (TPSA) is 87.9 Å². The predicted octanol–water partition coefficient (Wildman–Crippen LogP) is 5.12. The van der Waals surface area contributed by atoms with Crippen molar-refractivity contribution in [1.29, 1.82) is 0 Å². The Hall–Kier alpha value is -2.61. The van der Waals surface area contributed by atoms with Crippen LogP contribution in [0.2, 0.25) is 0 Å². The van der Waals surface area contributed by atoms with Crippen LogP contribution in [0, 0.1) is 11.3 Å². The summed E-state index contributed by atoms with van der Waals surface area (Å²) in [6, 6.07) is 7.35. The molecule has 2 heterocycles. The molecule has 1 aliphatic heterocycles. The van der Waals surface area contributed by atoms with Crippen molar-refractivity contribution in [1.82, 2.24) is 19.4 Å². The summed E-state index contributed by atoms with van der Waals surface area (Å²) in [5.74, 6) is 0.553. The number of aromatic nitrogens is 2. The number of methoxy groups -OCH3 is 1. The van der Waals surface area contributed by atoms with Gasteiger partial charge in [-0.25, -0.2) is 9.78 Å². The maximum Gasteiger partial charge on any atom is 0.407 e. The van der Waals surface area contributed by atoms with Crippen LogP contribution < -0.4 is 0 Å². The quantitative estimate of drug-likeness (QED) is 0.497. The lowest BCUT2D eigenvalue weighted by atomic mass is 9.77. The zero-order chi connectivity index (χ0) is 25.8. The van der Waals surface area contributed by atoms with Gasteiger partial charge in [-0.3, -0.25) is 4.79 Å². The Kier molecular flexibility index (Phi) is 8.80. The fourth-order valence-corrected chi connectivity index (χ4v) is 5.43. The molecule has 35 heavy (non-hydrogen) atoms. The molecule has 0 radical (unpaired) electrons. The minimum Gasteiger partial charge on any atom is -0.465 e. The van der Waals surface area contributed by atoms with Crippen LogP contribution in [0.3, 0.4) is 0 Å². The van der Waals surface area contributed by atoms with Crippen molar-refractivity contribution in [3.05, 3.63) is 30.1 Å². The summed E-state index contributed by atoms with van der Waals surface area (Å²) in [4.78, 5) is 34.7. The lowest BCUT2D eigenvalue weighted by molar-refractivity contribution is -0.00722. The standard InChI is InChI=1S/C27H42N4O4/c1-19(2)18-31(22-14-11-16-30(26(33)34)23(22)27(3,4)5)25(32)24-28-20-12-7-8-13-21(20)29(24)15-9-10-17-35-6/h7-8,12-13,19,22-23H,9-11,14-18H2,1-6H3,(H,33,34)/t22-,23?/m0/s1. The van der Waals surface area contributed by atoms with E-state index < -0.39 is 6.09 Å². The highest BCUT2D eigenvalue weighted by atomic mass is 16.5. The molecule has 1 saturated heterocycles. The summed E-state index contributed by atoms with van der Waals surface area (Å²) >= 11 is 0. The van der Waals surface area contributed by atoms with Crippen LogP contribution in [0.5, 0.6) is 0 Å². The summed E-state index contributed by atoms with van der Waals surface area (Å²) < 4.78 is 7.24. The number of benzene rings is 1. The molecule has 2 atom stereocenters. The number of para-hydroxylation sites is 2. The Morgan fingerprint density at radius 3 is 2.57 bits per heavy atom. The molecule has 194 valence electrons. The number of carbonyl (C=O) groups is 2. The first kappa shape index (κ1) is 27.0. The third-order valence-electron chi connectivity index (χ3n) is 6.78. The largest absolute Gasteiger partial charge is 0.465 e. The van der Waals surface area contributed by atoms with Crippen molar-refractivity contribution in [3.8, 4) is 0 Å². The lowest BCUT2D eigenvalue weighted by Gasteiger charge is -2.50. The van der Waals surface area contributed by atoms with E-state index in [1.807, 2.05) is 33.7 Å². The van der Waals surface area contributed by atoms with Gasteiger partial charge >= 0.3 is 6.09 Å². The van der Waals surface area contributed by atoms with Crippen molar-refractivity contribution >= 4 is 23.0 Å². The minimum absolute atomic E-state index is 0.117. The molecule has 0 saturated carbocycles. The highest BCUT2D eigenvalue weighted by molar-refractivity contribution is 5.95. The molecule has 1 N–H and O–H groups in total. The smallest absolute Gasteiger partial charge is 0.407 e. The predicted molar refractivity (Wildman–Crippen MR) is 138 cm³/mol. The van der Waals surface area contributed by atoms with E-state index in [1.54, 1.807) is 12.0 Å². The number of aryl methyl sites for hydroxylation is 1. The molecule has 3 rings (SSSR count). The Bertz CT molecular complexity index is 1010. The summed E-state index contributed by atoms with van der Waals surface area (Å²) in [6.45, 7) is 12.8. The van der Waals surface area contributed by atoms with E-state index in [-0.39, 0.29) is 29.3 Å².